The van der Waals surface area contributed by atoms with Crippen LogP contribution < -0.4 is 10.1 Å². The molecular weight excluding hydrogens is 322 g/mol. The van der Waals surface area contributed by atoms with Gasteiger partial charge < -0.3 is 14.8 Å². The highest BCUT2D eigenvalue weighted by Gasteiger charge is 2.21. The Morgan fingerprint density at radius 1 is 1.28 bits per heavy atom. The van der Waals surface area contributed by atoms with Crippen LogP contribution in [-0.4, -0.2) is 34.4 Å². The lowest BCUT2D eigenvalue weighted by Crippen LogP contribution is -2.32. The minimum Gasteiger partial charge on any atom is -0.482 e. The molecule has 7 heteroatoms. The molecule has 2 rings (SSSR count). The molecule has 0 aliphatic heterocycles. The van der Waals surface area contributed by atoms with Crippen molar-refractivity contribution < 1.29 is 19.1 Å². The number of carbonyl (C=O) groups is 2. The number of ether oxygens (including phenoxy) is 2. The van der Waals surface area contributed by atoms with E-state index in [9.17, 15) is 9.59 Å². The summed E-state index contributed by atoms with van der Waals surface area (Å²) in [4.78, 5) is 24.1. The third-order valence-electron chi connectivity index (χ3n) is 3.78. The fourth-order valence-electron chi connectivity index (χ4n) is 2.31. The summed E-state index contributed by atoms with van der Waals surface area (Å²) in [6.07, 6.45) is -0.937. The zero-order chi connectivity index (χ0) is 18.6. The molecule has 1 unspecified atom stereocenters. The quantitative estimate of drug-likeness (QED) is 0.812. The van der Waals surface area contributed by atoms with Crippen molar-refractivity contribution in [2.75, 3.05) is 11.9 Å². The van der Waals surface area contributed by atoms with Crippen LogP contribution in [0.5, 0.6) is 5.75 Å². The molecule has 1 N–H and O–H groups in total. The highest BCUT2D eigenvalue weighted by molar-refractivity contribution is 5.96. The Labute approximate surface area is 146 Å². The van der Waals surface area contributed by atoms with Crippen molar-refractivity contribution in [2.24, 2.45) is 7.05 Å². The Morgan fingerprint density at radius 3 is 2.60 bits per heavy atom. The summed E-state index contributed by atoms with van der Waals surface area (Å²) in [6.45, 7) is 6.84. The standard InChI is InChI=1S/C18H23N3O4/c1-11-7-6-8-15(9-11)24-10-16(22)25-14(4)18(23)19-17-12(2)20-21(5)13(17)3/h6-9,14H,10H2,1-5H3,(H,19,23). The monoisotopic (exact) mass is 345 g/mol. The van der Waals surface area contributed by atoms with Crippen LogP contribution in [0.4, 0.5) is 5.69 Å². The van der Waals surface area contributed by atoms with Crippen LogP contribution in [0.25, 0.3) is 0 Å². The largest absolute Gasteiger partial charge is 0.482 e. The Morgan fingerprint density at radius 2 is 2.00 bits per heavy atom. The number of aromatic nitrogens is 2. The van der Waals surface area contributed by atoms with Crippen LogP contribution >= 0.6 is 0 Å². The molecule has 134 valence electrons. The number of benzene rings is 1. The van der Waals surface area contributed by atoms with E-state index in [1.54, 1.807) is 24.7 Å². The first-order valence-corrected chi connectivity index (χ1v) is 7.98. The van der Waals surface area contributed by atoms with Gasteiger partial charge in [0.25, 0.3) is 5.91 Å². The van der Waals surface area contributed by atoms with Crippen LogP contribution in [0, 0.1) is 20.8 Å². The second-order valence-corrected chi connectivity index (χ2v) is 5.90. The Balaban J connectivity index is 1.86. The number of carbonyl (C=O) groups excluding carboxylic acids is 2. The van der Waals surface area contributed by atoms with Crippen molar-refractivity contribution in [2.45, 2.75) is 33.8 Å². The molecule has 0 aliphatic rings. The maximum Gasteiger partial charge on any atom is 0.344 e. The number of aryl methyl sites for hydroxylation is 3. The summed E-state index contributed by atoms with van der Waals surface area (Å²) in [7, 11) is 1.80. The average Bonchev–Trinajstić information content (AvgIpc) is 2.79. The van der Waals surface area contributed by atoms with Gasteiger partial charge in [-0.2, -0.15) is 5.10 Å². The van der Waals surface area contributed by atoms with Gasteiger partial charge in [-0.15, -0.1) is 0 Å². The number of esters is 1. The fraction of sp³-hybridized carbons (Fsp3) is 0.389. The molecule has 0 aliphatic carbocycles. The summed E-state index contributed by atoms with van der Waals surface area (Å²) < 4.78 is 12.2. The second kappa shape index (κ2) is 7.83. The number of rotatable bonds is 6. The molecular formula is C18H23N3O4. The highest BCUT2D eigenvalue weighted by Crippen LogP contribution is 2.18. The lowest BCUT2D eigenvalue weighted by molar-refractivity contribution is -0.155. The molecule has 0 fully saturated rings. The molecule has 2 aromatic rings. The van der Waals surface area contributed by atoms with E-state index in [0.717, 1.165) is 11.3 Å². The van der Waals surface area contributed by atoms with Gasteiger partial charge in [0, 0.05) is 7.05 Å². The molecule has 1 amide bonds. The van der Waals surface area contributed by atoms with Crippen molar-refractivity contribution in [1.82, 2.24) is 9.78 Å². The van der Waals surface area contributed by atoms with Gasteiger partial charge in [-0.1, -0.05) is 12.1 Å². The predicted molar refractivity (Wildman–Crippen MR) is 93.5 cm³/mol. The predicted octanol–water partition coefficient (Wildman–Crippen LogP) is 2.29. The number of hydrogen-bond donors (Lipinski definition) is 1. The molecule has 1 aromatic heterocycles. The zero-order valence-electron chi connectivity index (χ0n) is 15.1. The summed E-state index contributed by atoms with van der Waals surface area (Å²) in [6, 6.07) is 7.34. The summed E-state index contributed by atoms with van der Waals surface area (Å²) in [5, 5.41) is 6.97. The Bertz CT molecular complexity index is 783. The molecule has 1 aromatic carbocycles. The first-order valence-electron chi connectivity index (χ1n) is 7.98. The van der Waals surface area contributed by atoms with E-state index in [4.69, 9.17) is 9.47 Å². The van der Waals surface area contributed by atoms with E-state index in [-0.39, 0.29) is 6.61 Å². The van der Waals surface area contributed by atoms with Crippen molar-refractivity contribution in [1.29, 1.82) is 0 Å². The second-order valence-electron chi connectivity index (χ2n) is 5.90. The van der Waals surface area contributed by atoms with Gasteiger partial charge in [-0.3, -0.25) is 9.48 Å². The van der Waals surface area contributed by atoms with E-state index in [1.165, 1.54) is 6.92 Å². The molecule has 0 bridgehead atoms. The van der Waals surface area contributed by atoms with E-state index in [1.807, 2.05) is 32.0 Å². The van der Waals surface area contributed by atoms with Gasteiger partial charge in [0.15, 0.2) is 12.7 Å². The normalized spacial score (nSPS) is 11.7. The number of hydrogen-bond acceptors (Lipinski definition) is 5. The minimum absolute atomic E-state index is 0.258. The molecule has 1 atom stereocenters. The maximum atomic E-state index is 12.2. The Kier molecular flexibility index (Phi) is 5.80. The fourth-order valence-corrected chi connectivity index (χ4v) is 2.31. The first-order chi connectivity index (χ1) is 11.8. The van der Waals surface area contributed by atoms with Gasteiger partial charge >= 0.3 is 5.97 Å². The van der Waals surface area contributed by atoms with Gasteiger partial charge in [0.05, 0.1) is 17.1 Å². The molecule has 0 radical (unpaired) electrons. The molecule has 0 saturated carbocycles. The van der Waals surface area contributed by atoms with Gasteiger partial charge in [0.2, 0.25) is 0 Å². The lowest BCUT2D eigenvalue weighted by atomic mass is 10.2. The summed E-state index contributed by atoms with van der Waals surface area (Å²) in [5.41, 5.74) is 3.19. The first kappa shape index (κ1) is 18.5. The van der Waals surface area contributed by atoms with Crippen molar-refractivity contribution in [3.05, 3.63) is 41.2 Å². The van der Waals surface area contributed by atoms with Crippen LogP contribution in [0.15, 0.2) is 24.3 Å². The van der Waals surface area contributed by atoms with E-state index < -0.39 is 18.0 Å². The summed E-state index contributed by atoms with van der Waals surface area (Å²) >= 11 is 0. The molecule has 7 nitrogen and oxygen atoms in total. The van der Waals surface area contributed by atoms with Gasteiger partial charge in [-0.05, 0) is 45.4 Å². The van der Waals surface area contributed by atoms with E-state index >= 15 is 0 Å². The topological polar surface area (TPSA) is 82.4 Å². The van der Waals surface area contributed by atoms with E-state index in [2.05, 4.69) is 10.4 Å². The molecule has 25 heavy (non-hydrogen) atoms. The number of nitrogens with one attached hydrogen (secondary N) is 1. The average molecular weight is 345 g/mol. The third-order valence-corrected chi connectivity index (χ3v) is 3.78. The minimum atomic E-state index is -0.937. The maximum absolute atomic E-state index is 12.2. The summed E-state index contributed by atoms with van der Waals surface area (Å²) in [5.74, 6) is -0.442. The molecule has 0 saturated heterocycles. The smallest absolute Gasteiger partial charge is 0.344 e. The van der Waals surface area contributed by atoms with Crippen molar-refractivity contribution in [3.63, 3.8) is 0 Å². The highest BCUT2D eigenvalue weighted by atomic mass is 16.6. The third kappa shape index (κ3) is 4.82. The lowest BCUT2D eigenvalue weighted by Gasteiger charge is -2.14. The number of anilines is 1. The van der Waals surface area contributed by atoms with Crippen molar-refractivity contribution in [3.8, 4) is 5.75 Å². The SMILES string of the molecule is Cc1cccc(OCC(=O)OC(C)C(=O)Nc2c(C)nn(C)c2C)c1. The van der Waals surface area contributed by atoms with Crippen molar-refractivity contribution >= 4 is 17.6 Å². The molecule has 1 heterocycles. The van der Waals surface area contributed by atoms with Crippen LogP contribution in [0.1, 0.15) is 23.9 Å². The molecule has 0 spiro atoms. The van der Waals surface area contributed by atoms with E-state index in [0.29, 0.717) is 17.1 Å². The number of amides is 1. The number of nitrogens with zero attached hydrogens (tertiary/aromatic N) is 2. The zero-order valence-corrected chi connectivity index (χ0v) is 15.1. The van der Waals surface area contributed by atoms with Crippen LogP contribution in [0.2, 0.25) is 0 Å². The Hall–Kier alpha value is -2.83. The van der Waals surface area contributed by atoms with Crippen LogP contribution in [-0.2, 0) is 21.4 Å². The van der Waals surface area contributed by atoms with Gasteiger partial charge in [-0.25, -0.2) is 4.79 Å². The van der Waals surface area contributed by atoms with Gasteiger partial charge in [0.1, 0.15) is 5.75 Å². The van der Waals surface area contributed by atoms with Crippen LogP contribution in [0.3, 0.4) is 0 Å².